The zero-order valence-corrected chi connectivity index (χ0v) is 14.1. The molecule has 0 aliphatic carbocycles. The number of hydrogen-bond acceptors (Lipinski definition) is 2. The van der Waals surface area contributed by atoms with Gasteiger partial charge >= 0.3 is 0 Å². The summed E-state index contributed by atoms with van der Waals surface area (Å²) < 4.78 is 5.48. The normalized spacial score (nSPS) is 11.9. The van der Waals surface area contributed by atoms with Gasteiger partial charge in [0.1, 0.15) is 5.75 Å². The number of carbonyl (C=O) groups is 1. The van der Waals surface area contributed by atoms with Gasteiger partial charge in [-0.25, -0.2) is 0 Å². The summed E-state index contributed by atoms with van der Waals surface area (Å²) in [5.41, 5.74) is 1.08. The molecule has 1 amide bonds. The van der Waals surface area contributed by atoms with Crippen LogP contribution in [-0.2, 0) is 4.79 Å². The molecule has 1 N–H and O–H groups in total. The number of ether oxygens (including phenoxy) is 1. The number of amides is 1. The minimum absolute atomic E-state index is 0.0706. The van der Waals surface area contributed by atoms with Crippen molar-refractivity contribution in [2.45, 2.75) is 13.0 Å². The number of carbonyl (C=O) groups excluding carboxylic acids is 1. The van der Waals surface area contributed by atoms with Gasteiger partial charge in [-0.3, -0.25) is 4.79 Å². The van der Waals surface area contributed by atoms with Crippen LogP contribution in [-0.4, -0.2) is 12.5 Å². The van der Waals surface area contributed by atoms with Crippen LogP contribution in [0.2, 0.25) is 5.02 Å². The molecule has 1 unspecified atom stereocenters. The molecule has 0 bridgehead atoms. The molecule has 3 aromatic carbocycles. The van der Waals surface area contributed by atoms with Gasteiger partial charge in [0.05, 0.1) is 11.1 Å². The number of hydrogen-bond donors (Lipinski definition) is 1. The lowest BCUT2D eigenvalue weighted by atomic mass is 10.00. The van der Waals surface area contributed by atoms with Crippen molar-refractivity contribution in [2.75, 3.05) is 6.61 Å². The van der Waals surface area contributed by atoms with E-state index in [9.17, 15) is 4.79 Å². The number of rotatable bonds is 5. The molecule has 0 aliphatic heterocycles. The van der Waals surface area contributed by atoms with E-state index in [-0.39, 0.29) is 18.6 Å². The van der Waals surface area contributed by atoms with Crippen molar-refractivity contribution in [1.82, 2.24) is 5.32 Å². The van der Waals surface area contributed by atoms with Crippen LogP contribution in [0.5, 0.6) is 5.75 Å². The zero-order chi connectivity index (χ0) is 16.9. The Balaban J connectivity index is 1.67. The van der Waals surface area contributed by atoms with Crippen LogP contribution in [0.15, 0.2) is 66.7 Å². The number of fused-ring (bicyclic) bond motifs is 1. The quantitative estimate of drug-likeness (QED) is 0.728. The van der Waals surface area contributed by atoms with Crippen molar-refractivity contribution in [1.29, 1.82) is 0 Å². The van der Waals surface area contributed by atoms with E-state index in [1.807, 2.05) is 43.3 Å². The lowest BCUT2D eigenvalue weighted by Gasteiger charge is -2.17. The molecular weight excluding hydrogens is 322 g/mol. The Morgan fingerprint density at radius 3 is 2.58 bits per heavy atom. The van der Waals surface area contributed by atoms with Gasteiger partial charge in [-0.15, -0.1) is 0 Å². The highest BCUT2D eigenvalue weighted by Crippen LogP contribution is 2.25. The zero-order valence-electron chi connectivity index (χ0n) is 13.3. The third-order valence-corrected chi connectivity index (χ3v) is 4.18. The molecule has 0 fully saturated rings. The van der Waals surface area contributed by atoms with Crippen molar-refractivity contribution < 1.29 is 9.53 Å². The van der Waals surface area contributed by atoms with Crippen LogP contribution in [0.25, 0.3) is 10.8 Å². The summed E-state index contributed by atoms with van der Waals surface area (Å²) in [7, 11) is 0. The van der Waals surface area contributed by atoms with Gasteiger partial charge in [-0.1, -0.05) is 66.2 Å². The molecular formula is C20H18ClNO2. The monoisotopic (exact) mass is 339 g/mol. The predicted molar refractivity (Wildman–Crippen MR) is 97.5 cm³/mol. The molecule has 0 saturated heterocycles. The Morgan fingerprint density at radius 1 is 1.04 bits per heavy atom. The van der Waals surface area contributed by atoms with Crippen molar-refractivity contribution in [2.24, 2.45) is 0 Å². The fourth-order valence-corrected chi connectivity index (χ4v) is 2.88. The summed E-state index contributed by atoms with van der Waals surface area (Å²) in [6, 6.07) is 21.2. The van der Waals surface area contributed by atoms with Crippen LogP contribution in [0.1, 0.15) is 18.5 Å². The summed E-state index contributed by atoms with van der Waals surface area (Å²) in [5.74, 6) is 0.322. The Kier molecular flexibility index (Phi) is 5.02. The Labute approximate surface area is 146 Å². The second-order valence-electron chi connectivity index (χ2n) is 5.58. The third kappa shape index (κ3) is 3.69. The summed E-state index contributed by atoms with van der Waals surface area (Å²) in [6.45, 7) is 1.90. The standard InChI is InChI=1S/C20H18ClNO2/c1-14(16-10-6-8-15-7-2-3-9-17(15)16)22-20(23)13-24-19-12-5-4-11-18(19)21/h2-12,14H,13H2,1H3,(H,22,23). The van der Waals surface area contributed by atoms with Gasteiger partial charge in [0, 0.05) is 0 Å². The first kappa shape index (κ1) is 16.3. The number of benzene rings is 3. The van der Waals surface area contributed by atoms with E-state index in [1.165, 1.54) is 0 Å². The predicted octanol–water partition coefficient (Wildman–Crippen LogP) is 4.75. The summed E-state index contributed by atoms with van der Waals surface area (Å²) in [6.07, 6.45) is 0. The largest absolute Gasteiger partial charge is 0.482 e. The molecule has 0 saturated carbocycles. The topological polar surface area (TPSA) is 38.3 Å². The Morgan fingerprint density at radius 2 is 1.75 bits per heavy atom. The lowest BCUT2D eigenvalue weighted by Crippen LogP contribution is -2.31. The SMILES string of the molecule is CC(NC(=O)COc1ccccc1Cl)c1cccc2ccccc12. The van der Waals surface area contributed by atoms with E-state index in [1.54, 1.807) is 12.1 Å². The first-order valence-corrected chi connectivity index (χ1v) is 8.17. The molecule has 1 atom stereocenters. The summed E-state index contributed by atoms with van der Waals surface area (Å²) >= 11 is 6.02. The van der Waals surface area contributed by atoms with E-state index in [0.717, 1.165) is 16.3 Å². The van der Waals surface area contributed by atoms with Crippen molar-refractivity contribution in [3.8, 4) is 5.75 Å². The molecule has 4 heteroatoms. The highest BCUT2D eigenvalue weighted by atomic mass is 35.5. The fraction of sp³-hybridized carbons (Fsp3) is 0.150. The van der Waals surface area contributed by atoms with Gasteiger partial charge in [-0.05, 0) is 35.4 Å². The van der Waals surface area contributed by atoms with Crippen LogP contribution in [0, 0.1) is 0 Å². The maximum absolute atomic E-state index is 12.2. The van der Waals surface area contributed by atoms with Gasteiger partial charge in [0.15, 0.2) is 6.61 Å². The fourth-order valence-electron chi connectivity index (χ4n) is 2.69. The molecule has 24 heavy (non-hydrogen) atoms. The van der Waals surface area contributed by atoms with Crippen molar-refractivity contribution >= 4 is 28.3 Å². The van der Waals surface area contributed by atoms with Crippen molar-refractivity contribution in [3.63, 3.8) is 0 Å². The second kappa shape index (κ2) is 7.37. The molecule has 3 nitrogen and oxygen atoms in total. The van der Waals surface area contributed by atoms with E-state index < -0.39 is 0 Å². The van der Waals surface area contributed by atoms with E-state index in [4.69, 9.17) is 16.3 Å². The maximum Gasteiger partial charge on any atom is 0.258 e. The number of nitrogens with one attached hydrogen (secondary N) is 1. The van der Waals surface area contributed by atoms with Crippen LogP contribution in [0.3, 0.4) is 0 Å². The highest BCUT2D eigenvalue weighted by molar-refractivity contribution is 6.32. The van der Waals surface area contributed by atoms with Gasteiger partial charge in [0.2, 0.25) is 0 Å². The van der Waals surface area contributed by atoms with Crippen LogP contribution in [0.4, 0.5) is 0 Å². The average Bonchev–Trinajstić information content (AvgIpc) is 2.60. The molecule has 3 rings (SSSR count). The smallest absolute Gasteiger partial charge is 0.258 e. The first-order chi connectivity index (χ1) is 11.6. The van der Waals surface area contributed by atoms with Gasteiger partial charge in [-0.2, -0.15) is 0 Å². The molecule has 0 radical (unpaired) electrons. The lowest BCUT2D eigenvalue weighted by molar-refractivity contribution is -0.123. The van der Waals surface area contributed by atoms with E-state index in [2.05, 4.69) is 23.5 Å². The minimum atomic E-state index is -0.185. The third-order valence-electron chi connectivity index (χ3n) is 3.86. The number of para-hydroxylation sites is 1. The number of halogens is 1. The van der Waals surface area contributed by atoms with Crippen molar-refractivity contribution in [3.05, 3.63) is 77.3 Å². The Hall–Kier alpha value is -2.52. The van der Waals surface area contributed by atoms with Crippen LogP contribution >= 0.6 is 11.6 Å². The summed E-state index contributed by atoms with van der Waals surface area (Å²) in [5, 5.41) is 5.76. The molecule has 0 aromatic heterocycles. The molecule has 0 heterocycles. The second-order valence-corrected chi connectivity index (χ2v) is 5.98. The minimum Gasteiger partial charge on any atom is -0.482 e. The average molecular weight is 340 g/mol. The summed E-state index contributed by atoms with van der Waals surface area (Å²) in [4.78, 5) is 12.2. The Bertz CT molecular complexity index is 858. The maximum atomic E-state index is 12.2. The van der Waals surface area contributed by atoms with Gasteiger partial charge < -0.3 is 10.1 Å². The van der Waals surface area contributed by atoms with E-state index >= 15 is 0 Å². The first-order valence-electron chi connectivity index (χ1n) is 7.79. The van der Waals surface area contributed by atoms with E-state index in [0.29, 0.717) is 10.8 Å². The molecule has 122 valence electrons. The molecule has 3 aromatic rings. The molecule has 0 spiro atoms. The van der Waals surface area contributed by atoms with Gasteiger partial charge in [0.25, 0.3) is 5.91 Å². The molecule has 0 aliphatic rings. The highest BCUT2D eigenvalue weighted by Gasteiger charge is 2.13. The van der Waals surface area contributed by atoms with Crippen LogP contribution < -0.4 is 10.1 Å².